The van der Waals surface area contributed by atoms with Crippen molar-refractivity contribution >= 4 is 39.5 Å². The summed E-state index contributed by atoms with van der Waals surface area (Å²) in [6.07, 6.45) is 5.80. The van der Waals surface area contributed by atoms with Crippen molar-refractivity contribution in [3.05, 3.63) is 5.82 Å². The van der Waals surface area contributed by atoms with Crippen LogP contribution in [0.25, 0.3) is 0 Å². The Morgan fingerprint density at radius 1 is 1.25 bits per heavy atom. The number of hydrogen-bond donors (Lipinski definition) is 2. The highest BCUT2D eigenvalue weighted by Crippen LogP contribution is 2.16. The highest BCUT2D eigenvalue weighted by atomic mass is 32.2. The van der Waals surface area contributed by atoms with Crippen LogP contribution in [0.3, 0.4) is 0 Å². The molecule has 1 heterocycles. The van der Waals surface area contributed by atoms with Crippen molar-refractivity contribution in [2.45, 2.75) is 57.8 Å². The van der Waals surface area contributed by atoms with Gasteiger partial charge >= 0.3 is 0 Å². The lowest BCUT2D eigenvalue weighted by Gasteiger charge is -2.17. The largest absolute Gasteiger partial charge is 0.355 e. The van der Waals surface area contributed by atoms with Gasteiger partial charge in [-0.2, -0.15) is 11.8 Å². The van der Waals surface area contributed by atoms with Crippen LogP contribution in [0.1, 0.15) is 39.4 Å². The Balaban J connectivity index is 2.59. The first-order chi connectivity index (χ1) is 13.2. The molecule has 0 aliphatic rings. The number of carbonyl (C=O) groups is 1. The normalized spacial score (nSPS) is 13.1. The van der Waals surface area contributed by atoms with Crippen molar-refractivity contribution in [3.63, 3.8) is 0 Å². The molecule has 28 heavy (non-hydrogen) atoms. The van der Waals surface area contributed by atoms with Crippen LogP contribution < -0.4 is 10.0 Å². The smallest absolute Gasteiger partial charge is 0.238 e. The molecule has 11 heteroatoms. The van der Waals surface area contributed by atoms with Gasteiger partial charge < -0.3 is 9.88 Å². The molecule has 1 aromatic rings. The van der Waals surface area contributed by atoms with E-state index in [0.717, 1.165) is 17.5 Å². The molecule has 0 aliphatic heterocycles. The van der Waals surface area contributed by atoms with E-state index in [1.54, 1.807) is 30.4 Å². The molecular weight excluding hydrogens is 418 g/mol. The molecule has 8 nitrogen and oxygen atoms in total. The summed E-state index contributed by atoms with van der Waals surface area (Å²) >= 11 is 3.16. The maximum Gasteiger partial charge on any atom is 0.238 e. The summed E-state index contributed by atoms with van der Waals surface area (Å²) in [5, 5.41) is 12.3. The van der Waals surface area contributed by atoms with Crippen molar-refractivity contribution < 1.29 is 13.2 Å². The van der Waals surface area contributed by atoms with Gasteiger partial charge in [0, 0.05) is 19.5 Å². The van der Waals surface area contributed by atoms with Crippen LogP contribution in [0.4, 0.5) is 0 Å². The number of thioether (sulfide) groups is 2. The minimum atomic E-state index is -3.43. The van der Waals surface area contributed by atoms with Gasteiger partial charge in [0.2, 0.25) is 15.9 Å². The number of carbonyl (C=O) groups excluding carboxylic acids is 1. The fourth-order valence-corrected chi connectivity index (χ4v) is 4.38. The van der Waals surface area contributed by atoms with E-state index in [0.29, 0.717) is 37.5 Å². The zero-order valence-corrected chi connectivity index (χ0v) is 19.8. The predicted octanol–water partition coefficient (Wildman–Crippen LogP) is 1.77. The molecule has 0 saturated heterocycles. The molecule has 1 unspecified atom stereocenters. The van der Waals surface area contributed by atoms with Crippen LogP contribution in [0.15, 0.2) is 5.16 Å². The highest BCUT2D eigenvalue weighted by Gasteiger charge is 2.22. The van der Waals surface area contributed by atoms with Crippen molar-refractivity contribution in [2.24, 2.45) is 5.92 Å². The van der Waals surface area contributed by atoms with Crippen LogP contribution in [0.5, 0.6) is 0 Å². The van der Waals surface area contributed by atoms with Gasteiger partial charge in [0.25, 0.3) is 0 Å². The summed E-state index contributed by atoms with van der Waals surface area (Å²) in [4.78, 5) is 12.4. The lowest BCUT2D eigenvalue weighted by atomic mass is 10.2. The molecule has 1 atom stereocenters. The number of aryl methyl sites for hydroxylation is 1. The van der Waals surface area contributed by atoms with Gasteiger partial charge in [-0.05, 0) is 43.9 Å². The predicted molar refractivity (Wildman–Crippen MR) is 117 cm³/mol. The van der Waals surface area contributed by atoms with Gasteiger partial charge in [-0.1, -0.05) is 25.6 Å². The topological polar surface area (TPSA) is 106 Å². The molecule has 0 fully saturated rings. The molecular formula is C17H33N5O3S3. The van der Waals surface area contributed by atoms with E-state index in [9.17, 15) is 13.2 Å². The van der Waals surface area contributed by atoms with Crippen LogP contribution in [-0.2, 0) is 27.8 Å². The van der Waals surface area contributed by atoms with Crippen LogP contribution in [-0.4, -0.2) is 65.7 Å². The minimum Gasteiger partial charge on any atom is -0.355 e. The van der Waals surface area contributed by atoms with E-state index in [4.69, 9.17) is 0 Å². The van der Waals surface area contributed by atoms with Crippen molar-refractivity contribution in [3.8, 4) is 0 Å². The lowest BCUT2D eigenvalue weighted by molar-refractivity contribution is -0.122. The quantitative estimate of drug-likeness (QED) is 0.328. The zero-order chi connectivity index (χ0) is 21.2. The third-order valence-corrected chi connectivity index (χ3v) is 6.74. The Morgan fingerprint density at radius 3 is 2.54 bits per heavy atom. The Hall–Kier alpha value is -0.780. The van der Waals surface area contributed by atoms with E-state index in [1.807, 2.05) is 12.5 Å². The summed E-state index contributed by atoms with van der Waals surface area (Å²) < 4.78 is 28.3. The fraction of sp³-hybridized carbons (Fsp3) is 0.824. The molecule has 0 aliphatic carbocycles. The zero-order valence-electron chi connectivity index (χ0n) is 17.4. The summed E-state index contributed by atoms with van der Waals surface area (Å²) in [5.41, 5.74) is 0. The molecule has 0 bridgehead atoms. The van der Waals surface area contributed by atoms with Gasteiger partial charge in [0.05, 0.1) is 5.75 Å². The summed E-state index contributed by atoms with van der Waals surface area (Å²) in [5.74, 6) is 1.79. The molecule has 0 saturated carbocycles. The van der Waals surface area contributed by atoms with Gasteiger partial charge in [-0.3, -0.25) is 4.79 Å². The number of nitrogens with zero attached hydrogens (tertiary/aromatic N) is 3. The van der Waals surface area contributed by atoms with Gasteiger partial charge in [0.15, 0.2) is 5.16 Å². The van der Waals surface area contributed by atoms with E-state index < -0.39 is 16.1 Å². The monoisotopic (exact) mass is 451 g/mol. The summed E-state index contributed by atoms with van der Waals surface area (Å²) in [6, 6.07) is -0.731. The van der Waals surface area contributed by atoms with Crippen molar-refractivity contribution in [2.75, 3.05) is 30.6 Å². The highest BCUT2D eigenvalue weighted by molar-refractivity contribution is 7.98. The van der Waals surface area contributed by atoms with Crippen LogP contribution >= 0.6 is 23.5 Å². The second-order valence-corrected chi connectivity index (χ2v) is 10.7. The third kappa shape index (κ3) is 8.71. The molecule has 1 rings (SSSR count). The molecule has 162 valence electrons. The van der Waals surface area contributed by atoms with Crippen LogP contribution in [0, 0.1) is 5.92 Å². The number of aromatic nitrogens is 3. The maximum absolute atomic E-state index is 12.4. The van der Waals surface area contributed by atoms with E-state index in [1.165, 1.54) is 0 Å². The van der Waals surface area contributed by atoms with Crippen LogP contribution in [0.2, 0.25) is 0 Å². The first-order valence-electron chi connectivity index (χ1n) is 9.46. The first kappa shape index (κ1) is 25.3. The average molecular weight is 452 g/mol. The van der Waals surface area contributed by atoms with E-state index in [-0.39, 0.29) is 11.7 Å². The Labute approximate surface area is 177 Å². The molecule has 0 aromatic carbocycles. The maximum atomic E-state index is 12.4. The lowest BCUT2D eigenvalue weighted by Crippen LogP contribution is -2.47. The number of amides is 1. The number of hydrogen-bond acceptors (Lipinski definition) is 7. The van der Waals surface area contributed by atoms with Crippen molar-refractivity contribution in [1.29, 1.82) is 0 Å². The number of sulfonamides is 1. The molecule has 0 spiro atoms. The number of rotatable bonds is 14. The SMILES string of the molecule is CCS(=O)(=O)NC(CCSC)C(=O)NCCCc1nnc(SC)n1CC(C)C. The minimum absolute atomic E-state index is 0.0423. The summed E-state index contributed by atoms with van der Waals surface area (Å²) in [7, 11) is -3.43. The average Bonchev–Trinajstić information content (AvgIpc) is 3.02. The Kier molecular flexibility index (Phi) is 11.5. The van der Waals surface area contributed by atoms with Gasteiger partial charge in [-0.15, -0.1) is 10.2 Å². The Morgan fingerprint density at radius 2 is 1.96 bits per heavy atom. The molecule has 1 amide bonds. The third-order valence-electron chi connectivity index (χ3n) is 4.03. The second-order valence-electron chi connectivity index (χ2n) is 6.86. The number of nitrogens with one attached hydrogen (secondary N) is 2. The summed E-state index contributed by atoms with van der Waals surface area (Å²) in [6.45, 7) is 7.19. The fourth-order valence-electron chi connectivity index (χ4n) is 2.56. The molecule has 1 aromatic heterocycles. The van der Waals surface area contributed by atoms with E-state index in [2.05, 4.69) is 38.7 Å². The molecule has 0 radical (unpaired) electrons. The Bertz CT molecular complexity index is 707. The van der Waals surface area contributed by atoms with Crippen molar-refractivity contribution in [1.82, 2.24) is 24.8 Å². The van der Waals surface area contributed by atoms with E-state index >= 15 is 0 Å². The first-order valence-corrected chi connectivity index (χ1v) is 13.7. The van der Waals surface area contributed by atoms with Gasteiger partial charge in [-0.25, -0.2) is 13.1 Å². The molecule has 2 N–H and O–H groups in total. The standard InChI is InChI=1S/C17H33N5O3S3/c1-6-28(24,25)21-14(9-11-26-4)16(23)18-10-7-8-15-19-20-17(27-5)22(15)12-13(2)3/h13-14,21H,6-12H2,1-5H3,(H,18,23). The van der Waals surface area contributed by atoms with Gasteiger partial charge in [0.1, 0.15) is 11.9 Å². The second kappa shape index (κ2) is 12.7.